The molecule has 0 N–H and O–H groups in total. The Morgan fingerprint density at radius 3 is 2.85 bits per heavy atom. The fourth-order valence-corrected chi connectivity index (χ4v) is 1.33. The molecule has 0 aliphatic carbocycles. The van der Waals surface area contributed by atoms with E-state index in [9.17, 15) is 10.1 Å². The van der Waals surface area contributed by atoms with Crippen molar-refractivity contribution in [3.05, 3.63) is 39.4 Å². The van der Waals surface area contributed by atoms with Crippen LogP contribution in [0, 0.1) is 17.0 Å². The lowest BCUT2D eigenvalue weighted by atomic mass is 10.1. The van der Waals surface area contributed by atoms with E-state index in [2.05, 4.69) is 0 Å². The van der Waals surface area contributed by atoms with Crippen LogP contribution in [-0.2, 0) is 4.74 Å². The summed E-state index contributed by atoms with van der Waals surface area (Å²) in [6, 6.07) is 5.09. The van der Waals surface area contributed by atoms with Gasteiger partial charge in [0.25, 0.3) is 5.69 Å². The molecule has 1 saturated heterocycles. The highest BCUT2D eigenvalue weighted by Crippen LogP contribution is 2.36. The van der Waals surface area contributed by atoms with Gasteiger partial charge < -0.3 is 4.74 Å². The van der Waals surface area contributed by atoms with Gasteiger partial charge in [-0.2, -0.15) is 0 Å². The number of hydrogen-bond acceptors (Lipinski definition) is 3. The standard InChI is InChI=1S/C9H9NO3/c1-6-2-3-8(10(11)12)7(4-6)9-5-13-9/h2-4,9H,5H2,1H3/t9-/m0/s1. The number of nitro groups is 1. The molecule has 0 unspecified atom stereocenters. The van der Waals surface area contributed by atoms with Gasteiger partial charge in [-0.25, -0.2) is 0 Å². The molecular weight excluding hydrogens is 170 g/mol. The highest BCUT2D eigenvalue weighted by molar-refractivity contribution is 5.45. The zero-order valence-electron chi connectivity index (χ0n) is 7.19. The first-order valence-electron chi connectivity index (χ1n) is 4.05. The Kier molecular flexibility index (Phi) is 1.77. The number of nitro benzene ring substituents is 1. The number of nitrogens with zero attached hydrogens (tertiary/aromatic N) is 1. The molecule has 0 aromatic heterocycles. The molecule has 4 heteroatoms. The highest BCUT2D eigenvalue weighted by Gasteiger charge is 2.31. The van der Waals surface area contributed by atoms with Gasteiger partial charge in [0.15, 0.2) is 0 Å². The summed E-state index contributed by atoms with van der Waals surface area (Å²) in [4.78, 5) is 10.3. The van der Waals surface area contributed by atoms with Crippen molar-refractivity contribution in [1.29, 1.82) is 0 Å². The fraction of sp³-hybridized carbons (Fsp3) is 0.333. The molecule has 0 saturated carbocycles. The van der Waals surface area contributed by atoms with E-state index in [0.29, 0.717) is 12.2 Å². The number of epoxide rings is 1. The number of hydrogen-bond donors (Lipinski definition) is 0. The van der Waals surface area contributed by atoms with Crippen molar-refractivity contribution in [3.63, 3.8) is 0 Å². The average molecular weight is 179 g/mol. The van der Waals surface area contributed by atoms with Crippen LogP contribution in [0.15, 0.2) is 18.2 Å². The molecule has 1 fully saturated rings. The Morgan fingerprint density at radius 2 is 2.31 bits per heavy atom. The lowest BCUT2D eigenvalue weighted by Crippen LogP contribution is -1.94. The first-order chi connectivity index (χ1) is 6.18. The van der Waals surface area contributed by atoms with E-state index < -0.39 is 0 Å². The first kappa shape index (κ1) is 8.19. The SMILES string of the molecule is Cc1ccc([N+](=O)[O-])c([C@@H]2CO2)c1. The third-order valence-corrected chi connectivity index (χ3v) is 2.06. The molecule has 68 valence electrons. The Bertz CT molecular complexity index is 358. The molecule has 0 radical (unpaired) electrons. The first-order valence-corrected chi connectivity index (χ1v) is 4.05. The number of benzene rings is 1. The molecule has 0 spiro atoms. The second kappa shape index (κ2) is 2.81. The number of aryl methyl sites for hydroxylation is 1. The van der Waals surface area contributed by atoms with Gasteiger partial charge >= 0.3 is 0 Å². The summed E-state index contributed by atoms with van der Waals surface area (Å²) in [5.74, 6) is 0. The molecule has 0 amide bonds. The van der Waals surface area contributed by atoms with Crippen LogP contribution in [0.5, 0.6) is 0 Å². The summed E-state index contributed by atoms with van der Waals surface area (Å²) in [5, 5.41) is 10.6. The van der Waals surface area contributed by atoms with E-state index in [1.165, 1.54) is 6.07 Å². The summed E-state index contributed by atoms with van der Waals surface area (Å²) < 4.78 is 5.04. The Hall–Kier alpha value is -1.42. The fourth-order valence-electron chi connectivity index (χ4n) is 1.33. The van der Waals surface area contributed by atoms with Crippen LogP contribution in [0.4, 0.5) is 5.69 Å². The monoisotopic (exact) mass is 179 g/mol. The van der Waals surface area contributed by atoms with Gasteiger partial charge in [0.1, 0.15) is 6.10 Å². The summed E-state index contributed by atoms with van der Waals surface area (Å²) in [7, 11) is 0. The van der Waals surface area contributed by atoms with Crippen molar-refractivity contribution in [1.82, 2.24) is 0 Å². The third kappa shape index (κ3) is 1.53. The summed E-state index contributed by atoms with van der Waals surface area (Å²) >= 11 is 0. The van der Waals surface area contributed by atoms with E-state index in [1.807, 2.05) is 13.0 Å². The van der Waals surface area contributed by atoms with Gasteiger partial charge in [-0.15, -0.1) is 0 Å². The van der Waals surface area contributed by atoms with Crippen molar-refractivity contribution in [2.45, 2.75) is 13.0 Å². The molecular formula is C9H9NO3. The zero-order valence-corrected chi connectivity index (χ0v) is 7.19. The Balaban J connectivity index is 2.47. The van der Waals surface area contributed by atoms with Crippen LogP contribution >= 0.6 is 0 Å². The molecule has 1 atom stereocenters. The Labute approximate surface area is 75.3 Å². The molecule has 1 heterocycles. The van der Waals surface area contributed by atoms with E-state index in [1.54, 1.807) is 6.07 Å². The summed E-state index contributed by atoms with van der Waals surface area (Å²) in [6.45, 7) is 2.51. The molecule has 2 rings (SSSR count). The predicted octanol–water partition coefficient (Wildman–Crippen LogP) is 1.97. The maximum absolute atomic E-state index is 10.6. The molecule has 13 heavy (non-hydrogen) atoms. The van der Waals surface area contributed by atoms with Gasteiger partial charge in [-0.1, -0.05) is 11.6 Å². The van der Waals surface area contributed by atoms with Crippen LogP contribution in [0.2, 0.25) is 0 Å². The van der Waals surface area contributed by atoms with Crippen molar-refractivity contribution in [3.8, 4) is 0 Å². The minimum atomic E-state index is -0.365. The van der Waals surface area contributed by atoms with Crippen LogP contribution in [0.3, 0.4) is 0 Å². The lowest BCUT2D eigenvalue weighted by Gasteiger charge is -1.99. The normalized spacial score (nSPS) is 19.9. The van der Waals surface area contributed by atoms with E-state index in [-0.39, 0.29) is 16.7 Å². The molecule has 1 aromatic rings. The topological polar surface area (TPSA) is 55.7 Å². The zero-order chi connectivity index (χ0) is 9.42. The quantitative estimate of drug-likeness (QED) is 0.396. The van der Waals surface area contributed by atoms with Crippen molar-refractivity contribution in [2.75, 3.05) is 6.61 Å². The van der Waals surface area contributed by atoms with Crippen molar-refractivity contribution < 1.29 is 9.66 Å². The number of ether oxygens (including phenoxy) is 1. The second-order valence-corrected chi connectivity index (χ2v) is 3.14. The summed E-state index contributed by atoms with van der Waals surface area (Å²) in [6.07, 6.45) is -0.0553. The van der Waals surface area contributed by atoms with Crippen LogP contribution in [-0.4, -0.2) is 11.5 Å². The molecule has 1 aliphatic rings. The van der Waals surface area contributed by atoms with Gasteiger partial charge in [0, 0.05) is 6.07 Å². The lowest BCUT2D eigenvalue weighted by molar-refractivity contribution is -0.385. The minimum absolute atomic E-state index is 0.0553. The van der Waals surface area contributed by atoms with E-state index in [0.717, 1.165) is 5.56 Å². The van der Waals surface area contributed by atoms with Crippen LogP contribution in [0.1, 0.15) is 17.2 Å². The van der Waals surface area contributed by atoms with Crippen LogP contribution < -0.4 is 0 Å². The van der Waals surface area contributed by atoms with Crippen molar-refractivity contribution >= 4 is 5.69 Å². The van der Waals surface area contributed by atoms with E-state index in [4.69, 9.17) is 4.74 Å². The summed E-state index contributed by atoms with van der Waals surface area (Å²) in [5.41, 5.74) is 1.88. The molecule has 1 aliphatic heterocycles. The van der Waals surface area contributed by atoms with Crippen LogP contribution in [0.25, 0.3) is 0 Å². The molecule has 0 bridgehead atoms. The minimum Gasteiger partial charge on any atom is -0.368 e. The smallest absolute Gasteiger partial charge is 0.275 e. The van der Waals surface area contributed by atoms with E-state index >= 15 is 0 Å². The van der Waals surface area contributed by atoms with Gasteiger partial charge in [0.2, 0.25) is 0 Å². The van der Waals surface area contributed by atoms with Gasteiger partial charge in [-0.05, 0) is 13.0 Å². The molecule has 1 aromatic carbocycles. The molecule has 4 nitrogen and oxygen atoms in total. The van der Waals surface area contributed by atoms with Gasteiger partial charge in [0.05, 0.1) is 17.1 Å². The highest BCUT2D eigenvalue weighted by atomic mass is 16.6. The largest absolute Gasteiger partial charge is 0.368 e. The average Bonchev–Trinajstić information content (AvgIpc) is 2.85. The third-order valence-electron chi connectivity index (χ3n) is 2.06. The van der Waals surface area contributed by atoms with Crippen molar-refractivity contribution in [2.24, 2.45) is 0 Å². The Morgan fingerprint density at radius 1 is 1.62 bits per heavy atom. The predicted molar refractivity (Wildman–Crippen MR) is 46.5 cm³/mol. The van der Waals surface area contributed by atoms with Gasteiger partial charge in [-0.3, -0.25) is 10.1 Å². The second-order valence-electron chi connectivity index (χ2n) is 3.14. The maximum atomic E-state index is 10.6. The maximum Gasteiger partial charge on any atom is 0.275 e. The number of rotatable bonds is 2.